The summed E-state index contributed by atoms with van der Waals surface area (Å²) in [5.74, 6) is 1.35. The van der Waals surface area contributed by atoms with Crippen LogP contribution in [0.2, 0.25) is 0 Å². The molecule has 1 aromatic rings. The molecule has 1 aromatic carbocycles. The molecule has 1 fully saturated rings. The second-order valence-corrected chi connectivity index (χ2v) is 6.83. The van der Waals surface area contributed by atoms with Gasteiger partial charge in [0.1, 0.15) is 0 Å². The van der Waals surface area contributed by atoms with Crippen LogP contribution in [0.3, 0.4) is 0 Å². The van der Waals surface area contributed by atoms with E-state index in [4.69, 9.17) is 0 Å². The van der Waals surface area contributed by atoms with Crippen LogP contribution >= 0.6 is 0 Å². The van der Waals surface area contributed by atoms with E-state index in [0.717, 1.165) is 25.2 Å². The summed E-state index contributed by atoms with van der Waals surface area (Å²) in [5.41, 5.74) is 2.19. The van der Waals surface area contributed by atoms with E-state index >= 15 is 0 Å². The molecule has 0 bridgehead atoms. The summed E-state index contributed by atoms with van der Waals surface area (Å²) in [4.78, 5) is 0. The van der Waals surface area contributed by atoms with Crippen LogP contribution in [0.4, 0.5) is 0 Å². The van der Waals surface area contributed by atoms with Gasteiger partial charge < -0.3 is 5.11 Å². The predicted octanol–water partition coefficient (Wildman–Crippen LogP) is 4.68. The first kappa shape index (κ1) is 14.6. The Labute approximate surface area is 118 Å². The van der Waals surface area contributed by atoms with Crippen molar-refractivity contribution in [1.82, 2.24) is 0 Å². The standard InChI is InChI=1S/C18H28O/c1-14(2)17-8-6-16(7-9-17)13-18(19)11-4-5-15(3)10-12-18/h6-9,14-15,19H,4-5,10-13H2,1-3H3. The molecule has 2 rings (SSSR count). The molecular formula is C18H28O. The minimum Gasteiger partial charge on any atom is -0.390 e. The second-order valence-electron chi connectivity index (χ2n) is 6.83. The van der Waals surface area contributed by atoms with Gasteiger partial charge >= 0.3 is 0 Å². The van der Waals surface area contributed by atoms with Crippen LogP contribution in [-0.2, 0) is 6.42 Å². The van der Waals surface area contributed by atoms with Gasteiger partial charge in [0.25, 0.3) is 0 Å². The molecular weight excluding hydrogens is 232 g/mol. The summed E-state index contributed by atoms with van der Waals surface area (Å²) >= 11 is 0. The van der Waals surface area contributed by atoms with E-state index in [1.165, 1.54) is 30.4 Å². The summed E-state index contributed by atoms with van der Waals surface area (Å²) in [6.45, 7) is 6.74. The van der Waals surface area contributed by atoms with Crippen molar-refractivity contribution >= 4 is 0 Å². The highest BCUT2D eigenvalue weighted by Gasteiger charge is 2.29. The fourth-order valence-electron chi connectivity index (χ4n) is 3.14. The number of benzene rings is 1. The van der Waals surface area contributed by atoms with Crippen LogP contribution in [0, 0.1) is 5.92 Å². The van der Waals surface area contributed by atoms with Crippen molar-refractivity contribution in [3.05, 3.63) is 35.4 Å². The molecule has 0 amide bonds. The Morgan fingerprint density at radius 1 is 1.16 bits per heavy atom. The zero-order chi connectivity index (χ0) is 13.9. The number of hydrogen-bond acceptors (Lipinski definition) is 1. The summed E-state index contributed by atoms with van der Waals surface area (Å²) < 4.78 is 0. The lowest BCUT2D eigenvalue weighted by atomic mass is 9.86. The summed E-state index contributed by atoms with van der Waals surface area (Å²) in [6.07, 6.45) is 6.35. The van der Waals surface area contributed by atoms with Gasteiger partial charge in [0.15, 0.2) is 0 Å². The molecule has 1 N–H and O–H groups in total. The van der Waals surface area contributed by atoms with Crippen molar-refractivity contribution in [2.75, 3.05) is 0 Å². The van der Waals surface area contributed by atoms with Gasteiger partial charge in [-0.25, -0.2) is 0 Å². The molecule has 106 valence electrons. The Hall–Kier alpha value is -0.820. The maximum absolute atomic E-state index is 10.8. The first-order chi connectivity index (χ1) is 8.98. The van der Waals surface area contributed by atoms with Crippen LogP contribution in [0.5, 0.6) is 0 Å². The predicted molar refractivity (Wildman–Crippen MR) is 81.4 cm³/mol. The molecule has 1 aliphatic rings. The van der Waals surface area contributed by atoms with Gasteiger partial charge in [-0.1, -0.05) is 57.9 Å². The van der Waals surface area contributed by atoms with Crippen molar-refractivity contribution in [3.63, 3.8) is 0 Å². The zero-order valence-electron chi connectivity index (χ0n) is 12.7. The van der Waals surface area contributed by atoms with E-state index in [0.29, 0.717) is 5.92 Å². The maximum Gasteiger partial charge on any atom is 0.0688 e. The van der Waals surface area contributed by atoms with Gasteiger partial charge in [-0.3, -0.25) is 0 Å². The van der Waals surface area contributed by atoms with Crippen LogP contribution < -0.4 is 0 Å². The highest BCUT2D eigenvalue weighted by Crippen LogP contribution is 2.32. The summed E-state index contributed by atoms with van der Waals surface area (Å²) in [5, 5.41) is 10.8. The largest absolute Gasteiger partial charge is 0.390 e. The van der Waals surface area contributed by atoms with Crippen molar-refractivity contribution in [3.8, 4) is 0 Å². The minimum absolute atomic E-state index is 0.468. The topological polar surface area (TPSA) is 20.2 Å². The van der Waals surface area contributed by atoms with E-state index in [1.54, 1.807) is 0 Å². The second kappa shape index (κ2) is 6.09. The Morgan fingerprint density at radius 2 is 1.84 bits per heavy atom. The first-order valence-corrected chi connectivity index (χ1v) is 7.80. The average Bonchev–Trinajstić information content (AvgIpc) is 2.52. The molecule has 0 spiro atoms. The number of rotatable bonds is 3. The Morgan fingerprint density at radius 3 is 2.47 bits per heavy atom. The molecule has 1 heteroatoms. The van der Waals surface area contributed by atoms with E-state index in [2.05, 4.69) is 45.0 Å². The van der Waals surface area contributed by atoms with Crippen molar-refractivity contribution in [1.29, 1.82) is 0 Å². The van der Waals surface area contributed by atoms with Crippen molar-refractivity contribution in [2.24, 2.45) is 5.92 Å². The van der Waals surface area contributed by atoms with Gasteiger partial charge in [0.05, 0.1) is 5.60 Å². The molecule has 0 aliphatic heterocycles. The average molecular weight is 260 g/mol. The summed E-state index contributed by atoms with van der Waals surface area (Å²) in [7, 11) is 0. The summed E-state index contributed by atoms with van der Waals surface area (Å²) in [6, 6.07) is 8.81. The van der Waals surface area contributed by atoms with Crippen LogP contribution in [-0.4, -0.2) is 10.7 Å². The number of aliphatic hydroxyl groups is 1. The van der Waals surface area contributed by atoms with Crippen LogP contribution in [0.25, 0.3) is 0 Å². The first-order valence-electron chi connectivity index (χ1n) is 7.80. The monoisotopic (exact) mass is 260 g/mol. The SMILES string of the molecule is CC1CCCC(O)(Cc2ccc(C(C)C)cc2)CC1. The molecule has 1 saturated carbocycles. The van der Waals surface area contributed by atoms with Gasteiger partial charge in [-0.05, 0) is 42.2 Å². The fourth-order valence-corrected chi connectivity index (χ4v) is 3.14. The lowest BCUT2D eigenvalue weighted by molar-refractivity contribution is 0.0244. The zero-order valence-corrected chi connectivity index (χ0v) is 12.7. The third-order valence-corrected chi connectivity index (χ3v) is 4.62. The number of hydrogen-bond donors (Lipinski definition) is 1. The highest BCUT2D eigenvalue weighted by molar-refractivity contribution is 5.25. The van der Waals surface area contributed by atoms with E-state index in [1.807, 2.05) is 0 Å². The fraction of sp³-hybridized carbons (Fsp3) is 0.667. The van der Waals surface area contributed by atoms with E-state index < -0.39 is 5.60 Å². The van der Waals surface area contributed by atoms with Gasteiger partial charge in [-0.15, -0.1) is 0 Å². The Bertz CT molecular complexity index is 393. The van der Waals surface area contributed by atoms with Crippen LogP contribution in [0.15, 0.2) is 24.3 Å². The van der Waals surface area contributed by atoms with Gasteiger partial charge in [-0.2, -0.15) is 0 Å². The minimum atomic E-state index is -0.468. The van der Waals surface area contributed by atoms with Gasteiger partial charge in [0, 0.05) is 6.42 Å². The third kappa shape index (κ3) is 4.07. The molecule has 1 nitrogen and oxygen atoms in total. The molecule has 0 heterocycles. The van der Waals surface area contributed by atoms with Crippen molar-refractivity contribution < 1.29 is 5.11 Å². The van der Waals surface area contributed by atoms with Crippen molar-refractivity contribution in [2.45, 2.75) is 70.8 Å². The third-order valence-electron chi connectivity index (χ3n) is 4.62. The molecule has 0 aromatic heterocycles. The lowest BCUT2D eigenvalue weighted by Crippen LogP contribution is -2.30. The Kier molecular flexibility index (Phi) is 4.67. The lowest BCUT2D eigenvalue weighted by Gasteiger charge is -2.27. The molecule has 1 aliphatic carbocycles. The van der Waals surface area contributed by atoms with Crippen LogP contribution in [0.1, 0.15) is 69.9 Å². The molecule has 2 unspecified atom stereocenters. The molecule has 19 heavy (non-hydrogen) atoms. The quantitative estimate of drug-likeness (QED) is 0.782. The maximum atomic E-state index is 10.8. The molecule has 0 radical (unpaired) electrons. The highest BCUT2D eigenvalue weighted by atomic mass is 16.3. The smallest absolute Gasteiger partial charge is 0.0688 e. The Balaban J connectivity index is 2.02. The van der Waals surface area contributed by atoms with E-state index in [-0.39, 0.29) is 0 Å². The molecule has 0 saturated heterocycles. The molecule has 2 atom stereocenters. The normalized spacial score (nSPS) is 28.4. The van der Waals surface area contributed by atoms with Gasteiger partial charge in [0.2, 0.25) is 0 Å². The van der Waals surface area contributed by atoms with E-state index in [9.17, 15) is 5.11 Å².